The Morgan fingerprint density at radius 2 is 1.73 bits per heavy atom. The summed E-state index contributed by atoms with van der Waals surface area (Å²) in [6.07, 6.45) is 0.697. The molecule has 1 aromatic heterocycles. The maximum atomic E-state index is 13.9. The number of aromatic nitrogens is 1. The zero-order valence-electron chi connectivity index (χ0n) is 26.1. The Balaban J connectivity index is 1.07. The quantitative estimate of drug-likeness (QED) is 0.215. The van der Waals surface area contributed by atoms with Gasteiger partial charge in [0.2, 0.25) is 11.8 Å². The number of carbonyl (C=O) groups excluding carboxylic acids is 3. The Bertz CT molecular complexity index is 2050. The van der Waals surface area contributed by atoms with Gasteiger partial charge in [-0.1, -0.05) is 73.7 Å². The van der Waals surface area contributed by atoms with E-state index in [0.29, 0.717) is 17.9 Å². The summed E-state index contributed by atoms with van der Waals surface area (Å²) in [6, 6.07) is 19.9. The van der Waals surface area contributed by atoms with Crippen LogP contribution in [0, 0.1) is 35.5 Å². The third-order valence-electron chi connectivity index (χ3n) is 10.6. The molecule has 3 N–H and O–H groups in total. The molecule has 2 aliphatic carbocycles. The van der Waals surface area contributed by atoms with Crippen LogP contribution in [0.1, 0.15) is 36.6 Å². The van der Waals surface area contributed by atoms with Crippen molar-refractivity contribution in [1.29, 1.82) is 0 Å². The number of benzene rings is 3. The van der Waals surface area contributed by atoms with E-state index in [4.69, 9.17) is 4.74 Å². The first-order valence-corrected chi connectivity index (χ1v) is 17.8. The standard InChI is InChI=1S/C36H33N3O7S2/c1-16(2)29(35(43)44)39-33(41)27-21-14-22(28(27)34(39)42)30-26(21)25(31-32(47-30)38-36(45)48-31)18-9-5-10-19(13-18)46-15-24(40)37-23-12-6-8-17-7-3-4-11-20(17)23/h3-13,16,21-22,25-30H,14-15H2,1-2H3,(H,37,40)(H,38,45)(H,43,44)/t21?,22?,25-,26?,27?,28?,29?,30?/m1/s1. The van der Waals surface area contributed by atoms with E-state index < -0.39 is 29.8 Å². The number of fused-ring (bicyclic) bond motifs is 10. The number of H-pyrrole nitrogens is 1. The van der Waals surface area contributed by atoms with Crippen molar-refractivity contribution in [2.24, 2.45) is 35.5 Å². The number of thiazole rings is 1. The fourth-order valence-corrected chi connectivity index (χ4v) is 11.7. The second-order valence-corrected chi connectivity index (χ2v) is 15.7. The molecular formula is C36H33N3O7S2. The average Bonchev–Trinajstić information content (AvgIpc) is 3.80. The molecule has 2 bridgehead atoms. The van der Waals surface area contributed by atoms with E-state index in [1.54, 1.807) is 31.7 Å². The lowest BCUT2D eigenvalue weighted by atomic mass is 9.68. The largest absolute Gasteiger partial charge is 0.484 e. The van der Waals surface area contributed by atoms with Gasteiger partial charge in [-0.3, -0.25) is 24.1 Å². The SMILES string of the molecule is CC(C)C(C(=O)O)N1C(=O)C2C3CC(C2C1=O)C1C3Sc2[nH]c(=O)sc2[C@@H]1c1cccc(OCC(=O)Nc2cccc3ccccc23)c1. The van der Waals surface area contributed by atoms with Crippen LogP contribution < -0.4 is 14.9 Å². The number of aliphatic carboxylic acids is 1. The summed E-state index contributed by atoms with van der Waals surface area (Å²) in [6.45, 7) is 3.22. The number of ether oxygens (including phenoxy) is 1. The van der Waals surface area contributed by atoms with Crippen molar-refractivity contribution < 1.29 is 29.0 Å². The first-order chi connectivity index (χ1) is 23.1. The van der Waals surface area contributed by atoms with Crippen molar-refractivity contribution in [3.8, 4) is 5.75 Å². The predicted octanol–water partition coefficient (Wildman–Crippen LogP) is 5.19. The normalized spacial score (nSPS) is 27.6. The third kappa shape index (κ3) is 4.79. The number of carboxylic acids is 1. The number of likely N-dealkylation sites (tertiary alicyclic amines) is 1. The molecule has 246 valence electrons. The molecule has 12 heteroatoms. The number of hydrogen-bond acceptors (Lipinski definition) is 8. The van der Waals surface area contributed by atoms with Crippen LogP contribution in [0.15, 0.2) is 76.6 Å². The summed E-state index contributed by atoms with van der Waals surface area (Å²) >= 11 is 2.74. The van der Waals surface area contributed by atoms with Gasteiger partial charge in [0.25, 0.3) is 5.91 Å². The number of rotatable bonds is 8. The van der Waals surface area contributed by atoms with Gasteiger partial charge in [-0.25, -0.2) is 4.79 Å². The van der Waals surface area contributed by atoms with E-state index in [2.05, 4.69) is 10.3 Å². The van der Waals surface area contributed by atoms with Gasteiger partial charge in [0.1, 0.15) is 11.8 Å². The van der Waals surface area contributed by atoms with Crippen molar-refractivity contribution >= 4 is 63.2 Å². The Labute approximate surface area is 283 Å². The summed E-state index contributed by atoms with van der Waals surface area (Å²) < 4.78 is 5.99. The first-order valence-electron chi connectivity index (χ1n) is 16.1. The lowest BCUT2D eigenvalue weighted by molar-refractivity contribution is -0.157. The molecule has 3 heterocycles. The fraction of sp³-hybridized carbons (Fsp3) is 0.361. The van der Waals surface area contributed by atoms with Crippen LogP contribution in [0.4, 0.5) is 5.69 Å². The molecule has 2 aliphatic heterocycles. The van der Waals surface area contributed by atoms with Crippen molar-refractivity contribution in [1.82, 2.24) is 9.88 Å². The Hall–Kier alpha value is -4.42. The highest BCUT2D eigenvalue weighted by Gasteiger charge is 2.70. The first kappa shape index (κ1) is 30.9. The van der Waals surface area contributed by atoms with Crippen molar-refractivity contribution in [3.63, 3.8) is 0 Å². The molecule has 10 nitrogen and oxygen atoms in total. The zero-order chi connectivity index (χ0) is 33.4. The molecular weight excluding hydrogens is 651 g/mol. The van der Waals surface area contributed by atoms with E-state index >= 15 is 0 Å². The highest BCUT2D eigenvalue weighted by atomic mass is 32.2. The lowest BCUT2D eigenvalue weighted by Crippen LogP contribution is -2.49. The van der Waals surface area contributed by atoms with Crippen LogP contribution in [0.25, 0.3) is 10.8 Å². The molecule has 0 spiro atoms. The number of amides is 3. The highest BCUT2D eigenvalue weighted by molar-refractivity contribution is 8.00. The van der Waals surface area contributed by atoms with E-state index in [-0.39, 0.29) is 58.1 Å². The Morgan fingerprint density at radius 3 is 2.50 bits per heavy atom. The lowest BCUT2D eigenvalue weighted by Gasteiger charge is -2.43. The van der Waals surface area contributed by atoms with Gasteiger partial charge in [-0.05, 0) is 59.2 Å². The third-order valence-corrected chi connectivity index (χ3v) is 13.2. The predicted molar refractivity (Wildman–Crippen MR) is 181 cm³/mol. The van der Waals surface area contributed by atoms with Gasteiger partial charge >= 0.3 is 10.8 Å². The molecule has 8 atom stereocenters. The Morgan fingerprint density at radius 1 is 1.00 bits per heavy atom. The molecule has 3 aromatic carbocycles. The van der Waals surface area contributed by atoms with E-state index in [9.17, 15) is 29.1 Å². The van der Waals surface area contributed by atoms with Crippen molar-refractivity contribution in [2.45, 2.75) is 42.5 Å². The minimum absolute atomic E-state index is 0.0333. The maximum absolute atomic E-state index is 13.9. The van der Waals surface area contributed by atoms with E-state index in [0.717, 1.165) is 42.5 Å². The number of hydrogen-bond donors (Lipinski definition) is 3. The van der Waals surface area contributed by atoms with Gasteiger partial charge in [0, 0.05) is 27.1 Å². The van der Waals surface area contributed by atoms with Gasteiger partial charge in [-0.15, -0.1) is 11.8 Å². The summed E-state index contributed by atoms with van der Waals surface area (Å²) in [7, 11) is 0. The van der Waals surface area contributed by atoms with Gasteiger partial charge in [-0.2, -0.15) is 0 Å². The smallest absolute Gasteiger partial charge is 0.327 e. The zero-order valence-corrected chi connectivity index (χ0v) is 27.8. The Kier molecular flexibility index (Phi) is 7.48. The number of carboxylic acid groups (broad SMARTS) is 1. The maximum Gasteiger partial charge on any atom is 0.327 e. The second-order valence-electron chi connectivity index (χ2n) is 13.5. The summed E-state index contributed by atoms with van der Waals surface area (Å²) in [4.78, 5) is 70.3. The molecule has 0 radical (unpaired) electrons. The molecule has 1 saturated heterocycles. The topological polar surface area (TPSA) is 146 Å². The molecule has 48 heavy (non-hydrogen) atoms. The number of nitrogens with one attached hydrogen (secondary N) is 2. The van der Waals surface area contributed by atoms with Gasteiger partial charge < -0.3 is 20.1 Å². The van der Waals surface area contributed by atoms with Crippen LogP contribution in [0.5, 0.6) is 5.75 Å². The van der Waals surface area contributed by atoms with Crippen molar-refractivity contribution in [2.75, 3.05) is 11.9 Å². The molecule has 4 aromatic rings. The van der Waals surface area contributed by atoms with Crippen LogP contribution in [-0.2, 0) is 19.2 Å². The number of aromatic amines is 1. The average molecular weight is 684 g/mol. The van der Waals surface area contributed by atoms with Crippen LogP contribution in [0.3, 0.4) is 0 Å². The molecule has 3 fully saturated rings. The number of anilines is 1. The number of nitrogens with zero attached hydrogens (tertiary/aromatic N) is 1. The van der Waals surface area contributed by atoms with Crippen LogP contribution in [0.2, 0.25) is 0 Å². The highest BCUT2D eigenvalue weighted by Crippen LogP contribution is 2.68. The van der Waals surface area contributed by atoms with Crippen LogP contribution in [-0.4, -0.2) is 56.6 Å². The summed E-state index contributed by atoms with van der Waals surface area (Å²) in [5, 5.41) is 15.6. The van der Waals surface area contributed by atoms with E-state index in [1.807, 2.05) is 60.7 Å². The fourth-order valence-electron chi connectivity index (χ4n) is 8.85. The van der Waals surface area contributed by atoms with E-state index in [1.165, 1.54) is 0 Å². The minimum Gasteiger partial charge on any atom is -0.484 e. The second kappa shape index (κ2) is 11.6. The van der Waals surface area contributed by atoms with Gasteiger partial charge in [0.15, 0.2) is 6.61 Å². The molecule has 3 amide bonds. The number of carbonyl (C=O) groups is 4. The van der Waals surface area contributed by atoms with Crippen molar-refractivity contribution in [3.05, 3.63) is 86.8 Å². The molecule has 7 unspecified atom stereocenters. The monoisotopic (exact) mass is 683 g/mol. The molecule has 4 aliphatic rings. The molecule has 2 saturated carbocycles. The van der Waals surface area contributed by atoms with Crippen LogP contribution >= 0.6 is 23.1 Å². The minimum atomic E-state index is -1.20. The van der Waals surface area contributed by atoms with Gasteiger partial charge in [0.05, 0.1) is 16.9 Å². The summed E-state index contributed by atoms with van der Waals surface area (Å²) in [5.74, 6) is -3.86. The number of thioether (sulfide) groups is 1. The molecule has 8 rings (SSSR count). The summed E-state index contributed by atoms with van der Waals surface area (Å²) in [5.41, 5.74) is 1.60. The number of imide groups is 1.